The van der Waals surface area contributed by atoms with Gasteiger partial charge < -0.3 is 9.84 Å². The smallest absolute Gasteiger partial charge is 0.303 e. The SMILES string of the molecule is O=C(O)CCCCCCCCCCCOc1ccc(-c2ccccc2)cc1. The lowest BCUT2D eigenvalue weighted by atomic mass is 10.1. The van der Waals surface area contributed by atoms with E-state index in [9.17, 15) is 4.79 Å². The molecule has 0 aliphatic rings. The average Bonchev–Trinajstić information content (AvgIpc) is 2.70. The highest BCUT2D eigenvalue weighted by atomic mass is 16.5. The van der Waals surface area contributed by atoms with E-state index >= 15 is 0 Å². The minimum Gasteiger partial charge on any atom is -0.494 e. The van der Waals surface area contributed by atoms with Crippen molar-refractivity contribution in [3.63, 3.8) is 0 Å². The van der Waals surface area contributed by atoms with Crippen LogP contribution in [0.1, 0.15) is 64.2 Å². The molecule has 0 bridgehead atoms. The van der Waals surface area contributed by atoms with E-state index in [-0.39, 0.29) is 0 Å². The molecule has 0 atom stereocenters. The Hall–Kier alpha value is -2.29. The number of aliphatic carboxylic acids is 1. The van der Waals surface area contributed by atoms with Crippen LogP contribution in [0.5, 0.6) is 5.75 Å². The second-order valence-corrected chi connectivity index (χ2v) is 7.06. The van der Waals surface area contributed by atoms with Gasteiger partial charge >= 0.3 is 5.97 Å². The molecule has 0 unspecified atom stereocenters. The molecular formula is C24H32O3. The third-order valence-electron chi connectivity index (χ3n) is 4.77. The van der Waals surface area contributed by atoms with Crippen molar-refractivity contribution in [1.82, 2.24) is 0 Å². The van der Waals surface area contributed by atoms with Gasteiger partial charge in [-0.25, -0.2) is 0 Å². The Labute approximate surface area is 163 Å². The van der Waals surface area contributed by atoms with Crippen LogP contribution in [-0.4, -0.2) is 17.7 Å². The predicted molar refractivity (Wildman–Crippen MR) is 111 cm³/mol. The molecule has 0 aliphatic heterocycles. The minimum absolute atomic E-state index is 0.314. The number of carboxylic acids is 1. The van der Waals surface area contributed by atoms with Crippen LogP contribution in [0.4, 0.5) is 0 Å². The molecular weight excluding hydrogens is 336 g/mol. The maximum Gasteiger partial charge on any atom is 0.303 e. The largest absolute Gasteiger partial charge is 0.494 e. The van der Waals surface area contributed by atoms with Crippen molar-refractivity contribution in [2.75, 3.05) is 6.61 Å². The van der Waals surface area contributed by atoms with Gasteiger partial charge in [-0.3, -0.25) is 4.79 Å². The molecule has 1 N–H and O–H groups in total. The van der Waals surface area contributed by atoms with Gasteiger partial charge in [-0.05, 0) is 36.1 Å². The van der Waals surface area contributed by atoms with Crippen LogP contribution in [0.15, 0.2) is 54.6 Å². The first-order valence-electron chi connectivity index (χ1n) is 10.3. The summed E-state index contributed by atoms with van der Waals surface area (Å²) in [6, 6.07) is 18.7. The minimum atomic E-state index is -0.677. The van der Waals surface area contributed by atoms with E-state index in [0.717, 1.165) is 38.0 Å². The summed E-state index contributed by atoms with van der Waals surface area (Å²) >= 11 is 0. The molecule has 2 aromatic rings. The van der Waals surface area contributed by atoms with Gasteiger partial charge in [-0.15, -0.1) is 0 Å². The Morgan fingerprint density at radius 1 is 0.667 bits per heavy atom. The van der Waals surface area contributed by atoms with Crippen molar-refractivity contribution in [2.24, 2.45) is 0 Å². The monoisotopic (exact) mass is 368 g/mol. The lowest BCUT2D eigenvalue weighted by molar-refractivity contribution is -0.137. The topological polar surface area (TPSA) is 46.5 Å². The third-order valence-corrected chi connectivity index (χ3v) is 4.77. The molecule has 0 spiro atoms. The molecule has 0 radical (unpaired) electrons. The normalized spacial score (nSPS) is 10.7. The molecule has 2 aromatic carbocycles. The van der Waals surface area contributed by atoms with Gasteiger partial charge in [0.15, 0.2) is 0 Å². The summed E-state index contributed by atoms with van der Waals surface area (Å²) in [6.45, 7) is 0.778. The van der Waals surface area contributed by atoms with Crippen LogP contribution in [0.25, 0.3) is 11.1 Å². The maximum atomic E-state index is 10.4. The molecule has 27 heavy (non-hydrogen) atoms. The van der Waals surface area contributed by atoms with Gasteiger partial charge in [-0.2, -0.15) is 0 Å². The summed E-state index contributed by atoms with van der Waals surface area (Å²) in [4.78, 5) is 10.4. The van der Waals surface area contributed by atoms with Gasteiger partial charge in [0.1, 0.15) is 5.75 Å². The highest BCUT2D eigenvalue weighted by Gasteiger charge is 1.99. The van der Waals surface area contributed by atoms with Crippen LogP contribution < -0.4 is 4.74 Å². The maximum absolute atomic E-state index is 10.4. The first-order chi connectivity index (χ1) is 13.3. The number of hydrogen-bond donors (Lipinski definition) is 1. The average molecular weight is 369 g/mol. The molecule has 146 valence electrons. The van der Waals surface area contributed by atoms with Gasteiger partial charge in [0.05, 0.1) is 6.61 Å². The zero-order valence-electron chi connectivity index (χ0n) is 16.2. The van der Waals surface area contributed by atoms with Crippen molar-refractivity contribution in [3.8, 4) is 16.9 Å². The molecule has 0 fully saturated rings. The van der Waals surface area contributed by atoms with Gasteiger partial charge in [0.25, 0.3) is 0 Å². The van der Waals surface area contributed by atoms with E-state index in [1.807, 2.05) is 18.2 Å². The Bertz CT molecular complexity index is 634. The van der Waals surface area contributed by atoms with Crippen LogP contribution in [0, 0.1) is 0 Å². The highest BCUT2D eigenvalue weighted by molar-refractivity contribution is 5.66. The number of carbonyl (C=O) groups is 1. The highest BCUT2D eigenvalue weighted by Crippen LogP contribution is 2.22. The number of carboxylic acid groups (broad SMARTS) is 1. The van der Waals surface area contributed by atoms with E-state index in [1.165, 1.54) is 43.2 Å². The fourth-order valence-corrected chi connectivity index (χ4v) is 3.18. The van der Waals surface area contributed by atoms with E-state index in [1.54, 1.807) is 0 Å². The van der Waals surface area contributed by atoms with Crippen molar-refractivity contribution in [1.29, 1.82) is 0 Å². The molecule has 0 heterocycles. The molecule has 3 heteroatoms. The number of benzene rings is 2. The third kappa shape index (κ3) is 9.28. The van der Waals surface area contributed by atoms with Crippen LogP contribution in [0.3, 0.4) is 0 Å². The van der Waals surface area contributed by atoms with Crippen LogP contribution >= 0.6 is 0 Å². The second-order valence-electron chi connectivity index (χ2n) is 7.06. The fraction of sp³-hybridized carbons (Fsp3) is 0.458. The second kappa shape index (κ2) is 13.0. The lowest BCUT2D eigenvalue weighted by Gasteiger charge is -2.07. The quantitative estimate of drug-likeness (QED) is 0.377. The van der Waals surface area contributed by atoms with Crippen molar-refractivity contribution < 1.29 is 14.6 Å². The molecule has 0 saturated carbocycles. The Kier molecular flexibility index (Phi) is 10.1. The van der Waals surface area contributed by atoms with E-state index in [2.05, 4.69) is 36.4 Å². The number of hydrogen-bond acceptors (Lipinski definition) is 2. The molecule has 2 rings (SSSR count). The van der Waals surface area contributed by atoms with Crippen molar-refractivity contribution in [2.45, 2.75) is 64.2 Å². The lowest BCUT2D eigenvalue weighted by Crippen LogP contribution is -1.97. The Morgan fingerprint density at radius 2 is 1.19 bits per heavy atom. The zero-order chi connectivity index (χ0) is 19.2. The molecule has 0 saturated heterocycles. The fourth-order valence-electron chi connectivity index (χ4n) is 3.18. The summed E-state index contributed by atoms with van der Waals surface area (Å²) < 4.78 is 5.84. The summed E-state index contributed by atoms with van der Waals surface area (Å²) in [5, 5.41) is 8.58. The summed E-state index contributed by atoms with van der Waals surface area (Å²) in [7, 11) is 0. The molecule has 0 amide bonds. The van der Waals surface area contributed by atoms with E-state index in [0.29, 0.717) is 6.42 Å². The van der Waals surface area contributed by atoms with E-state index in [4.69, 9.17) is 9.84 Å². The van der Waals surface area contributed by atoms with Crippen LogP contribution in [-0.2, 0) is 4.79 Å². The summed E-state index contributed by atoms with van der Waals surface area (Å²) in [5.74, 6) is 0.264. The van der Waals surface area contributed by atoms with Crippen LogP contribution in [0.2, 0.25) is 0 Å². The summed E-state index contributed by atoms with van der Waals surface area (Å²) in [6.07, 6.45) is 10.7. The first kappa shape index (κ1) is 21.0. The predicted octanol–water partition coefficient (Wildman–Crippen LogP) is 6.72. The number of unbranched alkanes of at least 4 members (excludes halogenated alkanes) is 8. The Morgan fingerprint density at radius 3 is 1.78 bits per heavy atom. The van der Waals surface area contributed by atoms with Gasteiger partial charge in [0.2, 0.25) is 0 Å². The van der Waals surface area contributed by atoms with Gasteiger partial charge in [-0.1, -0.05) is 87.4 Å². The van der Waals surface area contributed by atoms with E-state index < -0.39 is 5.97 Å². The molecule has 3 nitrogen and oxygen atoms in total. The van der Waals surface area contributed by atoms with Crippen molar-refractivity contribution in [3.05, 3.63) is 54.6 Å². The number of rotatable bonds is 14. The molecule has 0 aliphatic carbocycles. The zero-order valence-corrected chi connectivity index (χ0v) is 16.2. The number of ether oxygens (including phenoxy) is 1. The summed E-state index contributed by atoms with van der Waals surface area (Å²) in [5.41, 5.74) is 2.44. The molecule has 0 aromatic heterocycles. The Balaban J connectivity index is 1.46. The van der Waals surface area contributed by atoms with Crippen molar-refractivity contribution >= 4 is 5.97 Å². The standard InChI is InChI=1S/C24H32O3/c25-24(26)15-11-6-4-2-1-3-5-7-12-20-27-23-18-16-22(17-19-23)21-13-9-8-10-14-21/h8-10,13-14,16-19H,1-7,11-12,15,20H2,(H,25,26). The van der Waals surface area contributed by atoms with Gasteiger partial charge in [0, 0.05) is 6.42 Å². The first-order valence-corrected chi connectivity index (χ1v) is 10.3.